The summed E-state index contributed by atoms with van der Waals surface area (Å²) in [5.74, 6) is 3.86. The molecular weight excluding hydrogens is 364 g/mol. The number of rotatable bonds is 9. The van der Waals surface area contributed by atoms with Crippen molar-refractivity contribution in [2.75, 3.05) is 0 Å². The second-order valence-corrected chi connectivity index (χ2v) is 9.72. The molecule has 2 heteroatoms. The van der Waals surface area contributed by atoms with Crippen molar-refractivity contribution < 1.29 is 0 Å². The summed E-state index contributed by atoms with van der Waals surface area (Å²) in [7, 11) is 0. The molecule has 2 saturated carbocycles. The lowest BCUT2D eigenvalue weighted by molar-refractivity contribution is 0.140. The van der Waals surface area contributed by atoms with E-state index in [4.69, 9.17) is 10.5 Å². The van der Waals surface area contributed by atoms with Gasteiger partial charge in [-0.15, -0.1) is 0 Å². The summed E-state index contributed by atoms with van der Waals surface area (Å²) in [6.07, 6.45) is 22.8. The summed E-state index contributed by atoms with van der Waals surface area (Å²) in [4.78, 5) is 0. The van der Waals surface area contributed by atoms with Crippen LogP contribution in [0.2, 0.25) is 0 Å². The van der Waals surface area contributed by atoms with Gasteiger partial charge in [0.2, 0.25) is 0 Å². The van der Waals surface area contributed by atoms with Gasteiger partial charge in [-0.25, -0.2) is 0 Å². The van der Waals surface area contributed by atoms with Gasteiger partial charge >= 0.3 is 0 Å². The van der Waals surface area contributed by atoms with E-state index in [0.717, 1.165) is 42.1 Å². The molecule has 1 aromatic rings. The average Bonchev–Trinajstić information content (AvgIpc) is 2.81. The minimum absolute atomic E-state index is 0.761. The Hall–Kier alpha value is -2.06. The minimum Gasteiger partial charge on any atom is -0.193 e. The normalized spacial score (nSPS) is 26.9. The third kappa shape index (κ3) is 7.32. The molecule has 0 heterocycles. The van der Waals surface area contributed by atoms with Crippen LogP contribution in [-0.4, -0.2) is 0 Å². The number of benzene rings is 1. The van der Waals surface area contributed by atoms with Gasteiger partial charge in [-0.1, -0.05) is 56.7 Å². The monoisotopic (exact) mass is 402 g/mol. The highest BCUT2D eigenvalue weighted by molar-refractivity contribution is 5.31. The van der Waals surface area contributed by atoms with Crippen LogP contribution in [0.25, 0.3) is 0 Å². The Kier molecular flexibility index (Phi) is 9.50. The molecule has 0 radical (unpaired) electrons. The second-order valence-electron chi connectivity index (χ2n) is 9.72. The van der Waals surface area contributed by atoms with Crippen LogP contribution in [0.5, 0.6) is 0 Å². The summed E-state index contributed by atoms with van der Waals surface area (Å²) in [6.45, 7) is 0. The standard InChI is InChI=1S/C28H38N2/c29-21-5-1-2-6-24-13-17-27(18-14-24)28-19-15-25(16-20-28)8-4-3-7-23-9-11-26(22-30)12-10-23/h1,5,9-12,24-25,27-28H,2-4,6-8,13-20H2/t24-,25-,27-,28-. The van der Waals surface area contributed by atoms with Crippen molar-refractivity contribution in [1.82, 2.24) is 0 Å². The Bertz CT molecular complexity index is 717. The molecule has 2 aliphatic carbocycles. The van der Waals surface area contributed by atoms with Gasteiger partial charge < -0.3 is 0 Å². The zero-order chi connectivity index (χ0) is 21.0. The first kappa shape index (κ1) is 22.6. The topological polar surface area (TPSA) is 47.6 Å². The zero-order valence-corrected chi connectivity index (χ0v) is 18.6. The predicted molar refractivity (Wildman–Crippen MR) is 124 cm³/mol. The Labute approximate surface area is 184 Å². The summed E-state index contributed by atoms with van der Waals surface area (Å²) >= 11 is 0. The fourth-order valence-electron chi connectivity index (χ4n) is 5.87. The number of nitrogens with zero attached hydrogens (tertiary/aromatic N) is 2. The van der Waals surface area contributed by atoms with E-state index in [1.165, 1.54) is 82.6 Å². The third-order valence-electron chi connectivity index (χ3n) is 7.79. The molecule has 2 fully saturated rings. The molecule has 30 heavy (non-hydrogen) atoms. The zero-order valence-electron chi connectivity index (χ0n) is 18.6. The first-order valence-electron chi connectivity index (χ1n) is 12.3. The van der Waals surface area contributed by atoms with Crippen LogP contribution in [0.1, 0.15) is 94.6 Å². The lowest BCUT2D eigenvalue weighted by Gasteiger charge is -2.38. The van der Waals surface area contributed by atoms with Crippen molar-refractivity contribution >= 4 is 0 Å². The van der Waals surface area contributed by atoms with E-state index < -0.39 is 0 Å². The molecule has 0 N–H and O–H groups in total. The van der Waals surface area contributed by atoms with Gasteiger partial charge in [0.05, 0.1) is 17.7 Å². The van der Waals surface area contributed by atoms with E-state index in [1.54, 1.807) is 6.08 Å². The van der Waals surface area contributed by atoms with E-state index in [-0.39, 0.29) is 0 Å². The van der Waals surface area contributed by atoms with Gasteiger partial charge in [0.15, 0.2) is 0 Å². The predicted octanol–water partition coefficient (Wildman–Crippen LogP) is 7.74. The average molecular weight is 403 g/mol. The van der Waals surface area contributed by atoms with Gasteiger partial charge in [0.25, 0.3) is 0 Å². The largest absolute Gasteiger partial charge is 0.193 e. The van der Waals surface area contributed by atoms with Crippen molar-refractivity contribution in [3.05, 3.63) is 47.5 Å². The highest BCUT2D eigenvalue weighted by Crippen LogP contribution is 2.43. The summed E-state index contributed by atoms with van der Waals surface area (Å²) < 4.78 is 0. The van der Waals surface area contributed by atoms with Crippen LogP contribution in [0.3, 0.4) is 0 Å². The highest BCUT2D eigenvalue weighted by Gasteiger charge is 2.30. The highest BCUT2D eigenvalue weighted by atomic mass is 14.4. The molecule has 0 aromatic heterocycles. The van der Waals surface area contributed by atoms with Crippen LogP contribution >= 0.6 is 0 Å². The Balaban J connectivity index is 1.26. The fourth-order valence-corrected chi connectivity index (χ4v) is 5.87. The first-order valence-corrected chi connectivity index (χ1v) is 12.3. The van der Waals surface area contributed by atoms with Crippen LogP contribution in [0.15, 0.2) is 36.4 Å². The smallest absolute Gasteiger partial charge is 0.0991 e. The molecule has 0 unspecified atom stereocenters. The van der Waals surface area contributed by atoms with Crippen molar-refractivity contribution in [2.24, 2.45) is 23.7 Å². The van der Waals surface area contributed by atoms with Crippen molar-refractivity contribution in [3.8, 4) is 12.1 Å². The number of allylic oxidation sites excluding steroid dienone is 2. The van der Waals surface area contributed by atoms with Gasteiger partial charge in [0, 0.05) is 6.08 Å². The quantitative estimate of drug-likeness (QED) is 0.313. The van der Waals surface area contributed by atoms with Gasteiger partial charge in [-0.05, 0) is 92.7 Å². The van der Waals surface area contributed by atoms with Crippen LogP contribution in [-0.2, 0) is 6.42 Å². The van der Waals surface area contributed by atoms with Crippen LogP contribution in [0.4, 0.5) is 0 Å². The van der Waals surface area contributed by atoms with E-state index >= 15 is 0 Å². The van der Waals surface area contributed by atoms with E-state index in [1.807, 2.05) is 18.2 Å². The molecule has 3 rings (SSSR count). The van der Waals surface area contributed by atoms with Gasteiger partial charge in [-0.2, -0.15) is 10.5 Å². The number of hydrogen-bond acceptors (Lipinski definition) is 2. The van der Waals surface area contributed by atoms with Gasteiger partial charge in [0.1, 0.15) is 0 Å². The number of nitriles is 2. The molecule has 0 spiro atoms. The maximum atomic E-state index is 8.89. The number of hydrogen-bond donors (Lipinski definition) is 0. The Morgan fingerprint density at radius 2 is 1.37 bits per heavy atom. The molecule has 160 valence electrons. The molecule has 0 aliphatic heterocycles. The van der Waals surface area contributed by atoms with Crippen molar-refractivity contribution in [3.63, 3.8) is 0 Å². The number of unbranched alkanes of at least 4 members (excludes halogenated alkanes) is 1. The van der Waals surface area contributed by atoms with E-state index in [2.05, 4.69) is 24.3 Å². The van der Waals surface area contributed by atoms with Crippen molar-refractivity contribution in [2.45, 2.75) is 89.9 Å². The van der Waals surface area contributed by atoms with E-state index in [9.17, 15) is 0 Å². The maximum Gasteiger partial charge on any atom is 0.0991 e. The lowest BCUT2D eigenvalue weighted by Crippen LogP contribution is -2.25. The third-order valence-corrected chi connectivity index (χ3v) is 7.79. The Morgan fingerprint density at radius 3 is 1.93 bits per heavy atom. The van der Waals surface area contributed by atoms with Crippen LogP contribution in [0, 0.1) is 46.3 Å². The number of aryl methyl sites for hydroxylation is 1. The lowest BCUT2D eigenvalue weighted by atomic mass is 9.68. The van der Waals surface area contributed by atoms with Crippen molar-refractivity contribution in [1.29, 1.82) is 10.5 Å². The molecule has 2 aliphatic rings. The molecule has 0 bridgehead atoms. The minimum atomic E-state index is 0.761. The van der Waals surface area contributed by atoms with E-state index in [0.29, 0.717) is 0 Å². The molecule has 0 saturated heterocycles. The molecule has 0 atom stereocenters. The SMILES string of the molecule is N#CC=CCC[C@H]1CC[C@H]([C@H]2CC[C@H](CCCCc3ccc(C#N)cc3)CC2)CC1. The fraction of sp³-hybridized carbons (Fsp3) is 0.643. The first-order chi connectivity index (χ1) is 14.8. The summed E-state index contributed by atoms with van der Waals surface area (Å²) in [6, 6.07) is 12.4. The molecule has 1 aromatic carbocycles. The molecular formula is C28H38N2. The molecule has 0 amide bonds. The molecule has 2 nitrogen and oxygen atoms in total. The van der Waals surface area contributed by atoms with Gasteiger partial charge in [-0.3, -0.25) is 0 Å². The summed E-state index contributed by atoms with van der Waals surface area (Å²) in [5, 5.41) is 17.5. The maximum absolute atomic E-state index is 8.89. The second kappa shape index (κ2) is 12.6. The van der Waals surface area contributed by atoms with Crippen LogP contribution < -0.4 is 0 Å². The Morgan fingerprint density at radius 1 is 0.767 bits per heavy atom. The summed E-state index contributed by atoms with van der Waals surface area (Å²) in [5.41, 5.74) is 2.13.